The Morgan fingerprint density at radius 1 is 1.56 bits per heavy atom. The molecule has 8 heteroatoms. The number of hydrogen-bond acceptors (Lipinski definition) is 6. The molecule has 1 fully saturated rings. The molecule has 0 aliphatic heterocycles. The number of rotatable bonds is 6. The zero-order valence-electron chi connectivity index (χ0n) is 14.6. The molecule has 1 heterocycles. The second-order valence-electron chi connectivity index (χ2n) is 6.38. The number of thioether (sulfide) groups is 1. The highest BCUT2D eigenvalue weighted by atomic mass is 32.2. The first-order chi connectivity index (χ1) is 11.8. The maximum Gasteiger partial charge on any atom is 0.349 e. The third kappa shape index (κ3) is 3.64. The Morgan fingerprint density at radius 2 is 2.24 bits per heavy atom. The van der Waals surface area contributed by atoms with E-state index in [0.29, 0.717) is 10.7 Å². The zero-order chi connectivity index (χ0) is 18.8. The lowest BCUT2D eigenvalue weighted by molar-refractivity contribution is -0.150. The molecule has 1 saturated carbocycles. The average Bonchev–Trinajstić information content (AvgIpc) is 3.01. The highest BCUT2D eigenvalue weighted by Gasteiger charge is 2.61. The SMILES string of the molecule is C#CCn1c(C)nn(COC(=O)[C@@H]2[C@@H](/C=C(\C#N)SC)C2(C)C)c1=O. The molecule has 0 bridgehead atoms. The summed E-state index contributed by atoms with van der Waals surface area (Å²) in [6, 6.07) is 2.10. The monoisotopic (exact) mass is 360 g/mol. The molecule has 1 aromatic heterocycles. The van der Waals surface area contributed by atoms with Crippen molar-refractivity contribution < 1.29 is 9.53 Å². The number of nitrogens with zero attached hydrogens (tertiary/aromatic N) is 4. The van der Waals surface area contributed by atoms with Crippen molar-refractivity contribution in [1.29, 1.82) is 5.26 Å². The number of carbonyl (C=O) groups is 1. The molecular weight excluding hydrogens is 340 g/mol. The predicted molar refractivity (Wildman–Crippen MR) is 94.1 cm³/mol. The first-order valence-corrected chi connectivity index (χ1v) is 8.90. The topological polar surface area (TPSA) is 89.9 Å². The maximum atomic E-state index is 12.4. The second-order valence-corrected chi connectivity index (χ2v) is 7.23. The van der Waals surface area contributed by atoms with Gasteiger partial charge in [0.2, 0.25) is 0 Å². The number of aryl methyl sites for hydroxylation is 1. The van der Waals surface area contributed by atoms with Crippen LogP contribution in [0.15, 0.2) is 15.8 Å². The lowest BCUT2D eigenvalue weighted by atomic mass is 10.1. The minimum Gasteiger partial charge on any atom is -0.442 e. The third-order valence-electron chi connectivity index (χ3n) is 4.51. The van der Waals surface area contributed by atoms with Crippen LogP contribution in [0.5, 0.6) is 0 Å². The van der Waals surface area contributed by atoms with Gasteiger partial charge >= 0.3 is 11.7 Å². The van der Waals surface area contributed by atoms with E-state index in [4.69, 9.17) is 16.4 Å². The van der Waals surface area contributed by atoms with Crippen LogP contribution in [-0.4, -0.2) is 26.6 Å². The van der Waals surface area contributed by atoms with Gasteiger partial charge in [0, 0.05) is 0 Å². The molecule has 0 amide bonds. The Morgan fingerprint density at radius 3 is 2.80 bits per heavy atom. The number of allylic oxidation sites excluding steroid dienone is 2. The normalized spacial score (nSPS) is 21.3. The summed E-state index contributed by atoms with van der Waals surface area (Å²) < 4.78 is 7.68. The number of terminal acetylenes is 1. The number of esters is 1. The average molecular weight is 360 g/mol. The standard InChI is InChI=1S/C17H20N4O3S/c1-6-7-20-11(2)19-21(16(20)23)10-24-15(22)14-13(17(14,3)4)8-12(9-18)25-5/h1,8,13-14H,7,10H2,2-5H3/b12-8+/t13-,14+/m1/s1. The van der Waals surface area contributed by atoms with Gasteiger partial charge in [0.25, 0.3) is 0 Å². The molecule has 0 aromatic carbocycles. The summed E-state index contributed by atoms with van der Waals surface area (Å²) in [6.07, 6.45) is 8.86. The van der Waals surface area contributed by atoms with Gasteiger partial charge in [-0.1, -0.05) is 25.8 Å². The summed E-state index contributed by atoms with van der Waals surface area (Å²) >= 11 is 1.35. The highest BCUT2D eigenvalue weighted by molar-refractivity contribution is 8.02. The van der Waals surface area contributed by atoms with Crippen LogP contribution in [0.4, 0.5) is 0 Å². The summed E-state index contributed by atoms with van der Waals surface area (Å²) in [4.78, 5) is 25.1. The van der Waals surface area contributed by atoms with Crippen molar-refractivity contribution in [2.45, 2.75) is 34.0 Å². The van der Waals surface area contributed by atoms with Gasteiger partial charge in [0.15, 0.2) is 6.73 Å². The third-order valence-corrected chi connectivity index (χ3v) is 5.18. The van der Waals surface area contributed by atoms with Crippen molar-refractivity contribution in [2.75, 3.05) is 6.26 Å². The number of carbonyl (C=O) groups excluding carboxylic acids is 1. The Bertz CT molecular complexity index is 851. The molecule has 25 heavy (non-hydrogen) atoms. The minimum atomic E-state index is -0.413. The lowest BCUT2D eigenvalue weighted by Crippen LogP contribution is -2.27. The van der Waals surface area contributed by atoms with Crippen molar-refractivity contribution in [3.63, 3.8) is 0 Å². The molecule has 0 spiro atoms. The lowest BCUT2D eigenvalue weighted by Gasteiger charge is -2.04. The predicted octanol–water partition coefficient (Wildman–Crippen LogP) is 1.53. The van der Waals surface area contributed by atoms with Gasteiger partial charge in [0.1, 0.15) is 11.9 Å². The summed E-state index contributed by atoms with van der Waals surface area (Å²) in [5, 5.41) is 13.1. The Hall–Kier alpha value is -2.45. The van der Waals surface area contributed by atoms with Crippen LogP contribution in [0.3, 0.4) is 0 Å². The van der Waals surface area contributed by atoms with E-state index >= 15 is 0 Å². The maximum absolute atomic E-state index is 12.4. The largest absolute Gasteiger partial charge is 0.442 e. The van der Waals surface area contributed by atoms with Crippen LogP contribution in [0, 0.1) is 47.8 Å². The van der Waals surface area contributed by atoms with Gasteiger partial charge in [-0.3, -0.25) is 9.36 Å². The van der Waals surface area contributed by atoms with Crippen molar-refractivity contribution in [3.05, 3.63) is 27.3 Å². The molecule has 1 aromatic rings. The van der Waals surface area contributed by atoms with Crippen molar-refractivity contribution >= 4 is 17.7 Å². The zero-order valence-corrected chi connectivity index (χ0v) is 15.5. The number of nitriles is 1. The van der Waals surface area contributed by atoms with Crippen LogP contribution >= 0.6 is 11.8 Å². The first kappa shape index (κ1) is 18.9. The van der Waals surface area contributed by atoms with Gasteiger partial charge < -0.3 is 4.74 Å². The fraction of sp³-hybridized carbons (Fsp3) is 0.529. The summed E-state index contributed by atoms with van der Waals surface area (Å²) in [7, 11) is 0. The minimum absolute atomic E-state index is 0.0560. The molecule has 1 aliphatic carbocycles. The van der Waals surface area contributed by atoms with Gasteiger partial charge in [-0.2, -0.15) is 15.0 Å². The summed E-state index contributed by atoms with van der Waals surface area (Å²) in [6.45, 7) is 5.42. The van der Waals surface area contributed by atoms with Gasteiger partial charge in [-0.25, -0.2) is 4.79 Å². The van der Waals surface area contributed by atoms with Gasteiger partial charge in [-0.15, -0.1) is 18.2 Å². The van der Waals surface area contributed by atoms with Gasteiger partial charge in [0.05, 0.1) is 17.4 Å². The van der Waals surface area contributed by atoms with Crippen LogP contribution in [0.25, 0.3) is 0 Å². The van der Waals surface area contributed by atoms with Crippen LogP contribution in [0.2, 0.25) is 0 Å². The smallest absolute Gasteiger partial charge is 0.349 e. The van der Waals surface area contributed by atoms with E-state index in [0.717, 1.165) is 4.68 Å². The molecule has 1 aliphatic rings. The van der Waals surface area contributed by atoms with Gasteiger partial charge in [-0.05, 0) is 24.5 Å². The van der Waals surface area contributed by atoms with E-state index in [1.54, 1.807) is 6.92 Å². The molecule has 0 radical (unpaired) electrons. The van der Waals surface area contributed by atoms with Crippen LogP contribution < -0.4 is 5.69 Å². The first-order valence-electron chi connectivity index (χ1n) is 7.68. The second kappa shape index (κ2) is 7.20. The van der Waals surface area contributed by atoms with E-state index in [1.165, 1.54) is 16.3 Å². The van der Waals surface area contributed by atoms with E-state index in [2.05, 4.69) is 17.1 Å². The van der Waals surface area contributed by atoms with E-state index < -0.39 is 11.7 Å². The summed E-state index contributed by atoms with van der Waals surface area (Å²) in [5.41, 5.74) is -0.692. The molecule has 2 atom stereocenters. The van der Waals surface area contributed by atoms with Crippen molar-refractivity contribution in [2.24, 2.45) is 17.3 Å². The quantitative estimate of drug-likeness (QED) is 0.434. The van der Waals surface area contributed by atoms with Crippen molar-refractivity contribution in [3.8, 4) is 18.4 Å². The van der Waals surface area contributed by atoms with E-state index in [9.17, 15) is 9.59 Å². The van der Waals surface area contributed by atoms with Crippen molar-refractivity contribution in [1.82, 2.24) is 14.3 Å². The molecule has 0 saturated heterocycles. The van der Waals surface area contributed by atoms with Crippen LogP contribution in [0.1, 0.15) is 19.7 Å². The summed E-state index contributed by atoms with van der Waals surface area (Å²) in [5.74, 6) is 2.05. The fourth-order valence-electron chi connectivity index (χ4n) is 2.87. The van der Waals surface area contributed by atoms with Crippen LogP contribution in [-0.2, 0) is 22.8 Å². The molecular formula is C17H20N4O3S. The Kier molecular flexibility index (Phi) is 5.44. The number of hydrogen-bond donors (Lipinski definition) is 0. The number of ether oxygens (including phenoxy) is 1. The molecule has 2 rings (SSSR count). The molecule has 0 N–H and O–H groups in total. The fourth-order valence-corrected chi connectivity index (χ4v) is 3.25. The molecule has 132 valence electrons. The molecule has 0 unspecified atom stereocenters. The Labute approximate surface area is 150 Å². The van der Waals surface area contributed by atoms with E-state index in [1.807, 2.05) is 26.2 Å². The van der Waals surface area contributed by atoms with E-state index in [-0.39, 0.29) is 30.5 Å². The Balaban J connectivity index is 2.06. The number of aromatic nitrogens is 3. The highest BCUT2D eigenvalue weighted by Crippen LogP contribution is 2.60. The molecule has 7 nitrogen and oxygen atoms in total.